The van der Waals surface area contributed by atoms with Crippen molar-refractivity contribution >= 4 is 6.03 Å². The molecule has 4 heteroatoms. The zero-order valence-corrected chi connectivity index (χ0v) is 11.7. The number of carbonyl (C=O) groups excluding carboxylic acids is 1. The van der Waals surface area contributed by atoms with E-state index in [4.69, 9.17) is 4.74 Å². The third-order valence-electron chi connectivity index (χ3n) is 3.71. The van der Waals surface area contributed by atoms with E-state index in [1.165, 1.54) is 18.4 Å². The molecule has 0 bridgehead atoms. The predicted molar refractivity (Wildman–Crippen MR) is 75.3 cm³/mol. The molecule has 0 aliphatic heterocycles. The van der Waals surface area contributed by atoms with Gasteiger partial charge in [-0.05, 0) is 43.9 Å². The molecule has 2 N–H and O–H groups in total. The first-order chi connectivity index (χ1) is 9.16. The lowest BCUT2D eigenvalue weighted by Gasteiger charge is -2.14. The van der Waals surface area contributed by atoms with Crippen molar-refractivity contribution in [1.82, 2.24) is 10.6 Å². The third-order valence-corrected chi connectivity index (χ3v) is 3.71. The van der Waals surface area contributed by atoms with Gasteiger partial charge in [0.25, 0.3) is 0 Å². The van der Waals surface area contributed by atoms with Crippen molar-refractivity contribution in [3.05, 3.63) is 29.3 Å². The highest BCUT2D eigenvalue weighted by molar-refractivity contribution is 5.74. The van der Waals surface area contributed by atoms with E-state index < -0.39 is 0 Å². The number of carbonyl (C=O) groups is 1. The molecule has 0 spiro atoms. The fourth-order valence-corrected chi connectivity index (χ4v) is 2.37. The van der Waals surface area contributed by atoms with E-state index >= 15 is 0 Å². The van der Waals surface area contributed by atoms with Gasteiger partial charge in [0.05, 0.1) is 0 Å². The maximum Gasteiger partial charge on any atom is 0.317 e. The average Bonchev–Trinajstić information content (AvgIpc) is 2.87. The Morgan fingerprint density at radius 3 is 2.79 bits per heavy atom. The second-order valence-corrected chi connectivity index (χ2v) is 5.12. The lowest BCUT2D eigenvalue weighted by atomic mass is 10.1. The monoisotopic (exact) mass is 262 g/mol. The van der Waals surface area contributed by atoms with Crippen LogP contribution in [-0.2, 0) is 0 Å². The highest BCUT2D eigenvalue weighted by Gasteiger charge is 2.16. The molecule has 104 valence electrons. The Morgan fingerprint density at radius 1 is 1.32 bits per heavy atom. The minimum atomic E-state index is -0.141. The van der Waals surface area contributed by atoms with Crippen LogP contribution in [0.2, 0.25) is 0 Å². The van der Waals surface area contributed by atoms with E-state index in [9.17, 15) is 4.79 Å². The first-order valence-corrected chi connectivity index (χ1v) is 6.90. The molecular weight excluding hydrogens is 240 g/mol. The highest BCUT2D eigenvalue weighted by Crippen LogP contribution is 2.20. The van der Waals surface area contributed by atoms with Crippen LogP contribution < -0.4 is 15.4 Å². The maximum atomic E-state index is 11.6. The fraction of sp³-hybridized carbons (Fsp3) is 0.533. The average molecular weight is 262 g/mol. The molecule has 0 unspecified atom stereocenters. The second kappa shape index (κ2) is 6.45. The fourth-order valence-electron chi connectivity index (χ4n) is 2.37. The third kappa shape index (κ3) is 3.88. The van der Waals surface area contributed by atoms with Crippen LogP contribution in [0.25, 0.3) is 0 Å². The van der Waals surface area contributed by atoms with Crippen LogP contribution >= 0.6 is 0 Å². The van der Waals surface area contributed by atoms with Crippen molar-refractivity contribution in [1.29, 1.82) is 0 Å². The SMILES string of the molecule is Cc1cccc(OCNC(=O)NC2CCCC2)c1C. The number of rotatable bonds is 4. The number of hydrogen-bond donors (Lipinski definition) is 2. The molecule has 0 radical (unpaired) electrons. The molecule has 0 saturated heterocycles. The molecule has 1 aromatic carbocycles. The van der Waals surface area contributed by atoms with Crippen molar-refractivity contribution in [2.45, 2.75) is 45.6 Å². The zero-order valence-electron chi connectivity index (χ0n) is 11.7. The number of ether oxygens (including phenoxy) is 1. The summed E-state index contributed by atoms with van der Waals surface area (Å²) < 4.78 is 5.58. The van der Waals surface area contributed by atoms with Crippen LogP contribution in [0.1, 0.15) is 36.8 Å². The molecule has 0 atom stereocenters. The van der Waals surface area contributed by atoms with Gasteiger partial charge < -0.3 is 15.4 Å². The molecule has 4 nitrogen and oxygen atoms in total. The molecule has 2 rings (SSSR count). The summed E-state index contributed by atoms with van der Waals surface area (Å²) in [6.45, 7) is 4.26. The van der Waals surface area contributed by atoms with Gasteiger partial charge in [-0.2, -0.15) is 0 Å². The normalized spacial score (nSPS) is 15.3. The van der Waals surface area contributed by atoms with Crippen LogP contribution in [0.5, 0.6) is 5.75 Å². The predicted octanol–water partition coefficient (Wildman–Crippen LogP) is 2.88. The van der Waals surface area contributed by atoms with Gasteiger partial charge in [0.1, 0.15) is 5.75 Å². The van der Waals surface area contributed by atoms with Crippen LogP contribution in [-0.4, -0.2) is 18.8 Å². The van der Waals surface area contributed by atoms with Crippen LogP contribution in [0.15, 0.2) is 18.2 Å². The topological polar surface area (TPSA) is 50.4 Å². The molecule has 1 saturated carbocycles. The van der Waals surface area contributed by atoms with E-state index in [0.29, 0.717) is 6.04 Å². The van der Waals surface area contributed by atoms with E-state index in [-0.39, 0.29) is 12.8 Å². The van der Waals surface area contributed by atoms with Crippen molar-refractivity contribution in [2.24, 2.45) is 0 Å². The molecule has 1 aliphatic carbocycles. The van der Waals surface area contributed by atoms with Crippen molar-refractivity contribution < 1.29 is 9.53 Å². The first kappa shape index (κ1) is 13.7. The number of benzene rings is 1. The summed E-state index contributed by atoms with van der Waals surface area (Å²) in [5.74, 6) is 0.821. The lowest BCUT2D eigenvalue weighted by molar-refractivity contribution is 0.220. The Balaban J connectivity index is 1.73. The second-order valence-electron chi connectivity index (χ2n) is 5.12. The van der Waals surface area contributed by atoms with Gasteiger partial charge in [0.2, 0.25) is 0 Å². The Bertz CT molecular complexity index is 440. The molecular formula is C15H22N2O2. The summed E-state index contributed by atoms with van der Waals surface area (Å²) >= 11 is 0. The smallest absolute Gasteiger partial charge is 0.317 e. The minimum Gasteiger partial charge on any atom is -0.473 e. The summed E-state index contributed by atoms with van der Waals surface area (Å²) in [6, 6.07) is 6.11. The van der Waals surface area contributed by atoms with E-state index in [1.54, 1.807) is 0 Å². The highest BCUT2D eigenvalue weighted by atomic mass is 16.5. The summed E-state index contributed by atoms with van der Waals surface area (Å²) in [4.78, 5) is 11.6. The number of aryl methyl sites for hydroxylation is 1. The quantitative estimate of drug-likeness (QED) is 0.820. The van der Waals surface area contributed by atoms with Crippen LogP contribution in [0.4, 0.5) is 4.79 Å². The van der Waals surface area contributed by atoms with Crippen molar-refractivity contribution in [3.63, 3.8) is 0 Å². The van der Waals surface area contributed by atoms with Gasteiger partial charge in [-0.15, -0.1) is 0 Å². The van der Waals surface area contributed by atoms with Crippen molar-refractivity contribution in [2.75, 3.05) is 6.73 Å². The van der Waals surface area contributed by atoms with Crippen molar-refractivity contribution in [3.8, 4) is 5.75 Å². The Kier molecular flexibility index (Phi) is 4.66. The molecule has 1 fully saturated rings. The largest absolute Gasteiger partial charge is 0.473 e. The van der Waals surface area contributed by atoms with Gasteiger partial charge in [-0.1, -0.05) is 25.0 Å². The zero-order chi connectivity index (χ0) is 13.7. The number of amides is 2. The molecule has 0 aromatic heterocycles. The first-order valence-electron chi connectivity index (χ1n) is 6.90. The molecule has 0 heterocycles. The molecule has 1 aliphatic rings. The number of urea groups is 1. The maximum absolute atomic E-state index is 11.6. The van der Waals surface area contributed by atoms with E-state index in [0.717, 1.165) is 24.2 Å². The number of nitrogens with one attached hydrogen (secondary N) is 2. The standard InChI is InChI=1S/C15H22N2O2/c1-11-6-5-9-14(12(11)2)19-10-16-15(18)17-13-7-3-4-8-13/h5-6,9,13H,3-4,7-8,10H2,1-2H3,(H2,16,17,18). The number of hydrogen-bond acceptors (Lipinski definition) is 2. The summed E-state index contributed by atoms with van der Waals surface area (Å²) in [5, 5.41) is 5.69. The Labute approximate surface area is 114 Å². The molecule has 19 heavy (non-hydrogen) atoms. The van der Waals surface area contributed by atoms with Gasteiger partial charge >= 0.3 is 6.03 Å². The van der Waals surface area contributed by atoms with Gasteiger partial charge in [0, 0.05) is 6.04 Å². The lowest BCUT2D eigenvalue weighted by Crippen LogP contribution is -2.42. The Morgan fingerprint density at radius 2 is 2.05 bits per heavy atom. The Hall–Kier alpha value is -1.71. The summed E-state index contributed by atoms with van der Waals surface area (Å²) in [7, 11) is 0. The van der Waals surface area contributed by atoms with E-state index in [2.05, 4.69) is 10.6 Å². The van der Waals surface area contributed by atoms with Gasteiger partial charge in [-0.3, -0.25) is 0 Å². The molecule has 1 aromatic rings. The molecule has 2 amide bonds. The van der Waals surface area contributed by atoms with E-state index in [1.807, 2.05) is 32.0 Å². The minimum absolute atomic E-state index is 0.141. The van der Waals surface area contributed by atoms with Gasteiger partial charge in [-0.25, -0.2) is 4.79 Å². The van der Waals surface area contributed by atoms with Crippen LogP contribution in [0.3, 0.4) is 0 Å². The van der Waals surface area contributed by atoms with Gasteiger partial charge in [0.15, 0.2) is 6.73 Å². The van der Waals surface area contributed by atoms with Crippen LogP contribution in [0, 0.1) is 13.8 Å². The summed E-state index contributed by atoms with van der Waals surface area (Å²) in [6.07, 6.45) is 4.60. The summed E-state index contributed by atoms with van der Waals surface area (Å²) in [5.41, 5.74) is 2.30.